The Morgan fingerprint density at radius 3 is 2.61 bits per heavy atom. The molecular formula is C16H22N2. The summed E-state index contributed by atoms with van der Waals surface area (Å²) in [6.45, 7) is 4.26. The van der Waals surface area contributed by atoms with E-state index >= 15 is 0 Å². The molecule has 1 fully saturated rings. The Kier molecular flexibility index (Phi) is 4.25. The van der Waals surface area contributed by atoms with Gasteiger partial charge < -0.3 is 5.32 Å². The Bertz CT molecular complexity index is 445. The number of benzene rings is 1. The molecule has 0 spiro atoms. The first-order valence-corrected chi connectivity index (χ1v) is 6.94. The predicted octanol–water partition coefficient (Wildman–Crippen LogP) is 4.19. The molecule has 2 nitrogen and oxygen atoms in total. The van der Waals surface area contributed by atoms with Gasteiger partial charge in [-0.25, -0.2) is 0 Å². The molecule has 1 aliphatic rings. The highest BCUT2D eigenvalue weighted by molar-refractivity contribution is 5.49. The largest absolute Gasteiger partial charge is 0.381 e. The van der Waals surface area contributed by atoms with Crippen LogP contribution in [0.4, 0.5) is 5.69 Å². The highest BCUT2D eigenvalue weighted by Crippen LogP contribution is 2.26. The van der Waals surface area contributed by atoms with E-state index in [1.807, 2.05) is 0 Å². The van der Waals surface area contributed by atoms with E-state index < -0.39 is 0 Å². The summed E-state index contributed by atoms with van der Waals surface area (Å²) in [5, 5.41) is 12.8. The van der Waals surface area contributed by atoms with E-state index in [1.165, 1.54) is 30.4 Å². The van der Waals surface area contributed by atoms with Crippen LogP contribution < -0.4 is 5.32 Å². The normalized spacial score (nSPS) is 24.1. The van der Waals surface area contributed by atoms with Crippen LogP contribution in [0, 0.1) is 31.1 Å². The topological polar surface area (TPSA) is 35.8 Å². The molecule has 0 aliphatic heterocycles. The van der Waals surface area contributed by atoms with Gasteiger partial charge >= 0.3 is 0 Å². The van der Waals surface area contributed by atoms with Gasteiger partial charge in [-0.2, -0.15) is 5.26 Å². The Morgan fingerprint density at radius 2 is 1.89 bits per heavy atom. The molecule has 1 aromatic rings. The number of aryl methyl sites for hydroxylation is 2. The van der Waals surface area contributed by atoms with Crippen molar-refractivity contribution in [3.63, 3.8) is 0 Å². The molecule has 1 N–H and O–H groups in total. The van der Waals surface area contributed by atoms with Gasteiger partial charge in [0, 0.05) is 11.7 Å². The van der Waals surface area contributed by atoms with E-state index in [1.54, 1.807) is 0 Å². The minimum atomic E-state index is 0.161. The molecule has 1 saturated carbocycles. The second-order valence-corrected chi connectivity index (χ2v) is 5.42. The van der Waals surface area contributed by atoms with Crippen molar-refractivity contribution in [2.75, 3.05) is 5.32 Å². The molecule has 0 bridgehead atoms. The molecule has 2 rings (SSSR count). The molecule has 2 atom stereocenters. The summed E-state index contributed by atoms with van der Waals surface area (Å²) in [5.41, 5.74) is 3.78. The van der Waals surface area contributed by atoms with E-state index in [4.69, 9.17) is 0 Å². The first-order chi connectivity index (χ1) is 8.70. The molecule has 2 heteroatoms. The van der Waals surface area contributed by atoms with E-state index in [0.717, 1.165) is 18.5 Å². The van der Waals surface area contributed by atoms with Crippen LogP contribution in [0.1, 0.15) is 43.2 Å². The Balaban J connectivity index is 2.10. The van der Waals surface area contributed by atoms with Crippen molar-refractivity contribution in [1.29, 1.82) is 5.26 Å². The first kappa shape index (κ1) is 13.0. The molecule has 0 heterocycles. The lowest BCUT2D eigenvalue weighted by Gasteiger charge is -2.22. The van der Waals surface area contributed by atoms with E-state index in [2.05, 4.69) is 43.4 Å². The van der Waals surface area contributed by atoms with Crippen LogP contribution in [0.25, 0.3) is 0 Å². The molecule has 1 aromatic carbocycles. The van der Waals surface area contributed by atoms with Gasteiger partial charge in [0.15, 0.2) is 0 Å². The van der Waals surface area contributed by atoms with Crippen LogP contribution in [0.2, 0.25) is 0 Å². The lowest BCUT2D eigenvalue weighted by Crippen LogP contribution is -2.27. The van der Waals surface area contributed by atoms with Gasteiger partial charge in [-0.15, -0.1) is 0 Å². The van der Waals surface area contributed by atoms with Crippen molar-refractivity contribution in [3.8, 4) is 6.07 Å². The van der Waals surface area contributed by atoms with Crippen molar-refractivity contribution in [2.24, 2.45) is 5.92 Å². The summed E-state index contributed by atoms with van der Waals surface area (Å²) >= 11 is 0. The average molecular weight is 242 g/mol. The number of hydrogen-bond donors (Lipinski definition) is 1. The van der Waals surface area contributed by atoms with Gasteiger partial charge in [-0.1, -0.05) is 25.3 Å². The zero-order valence-electron chi connectivity index (χ0n) is 11.4. The molecule has 0 aromatic heterocycles. The second-order valence-electron chi connectivity index (χ2n) is 5.42. The number of nitrogens with zero attached hydrogens (tertiary/aromatic N) is 1. The lowest BCUT2D eigenvalue weighted by atomic mass is 9.96. The minimum Gasteiger partial charge on any atom is -0.381 e. The van der Waals surface area contributed by atoms with Gasteiger partial charge in [0.05, 0.1) is 12.0 Å². The average Bonchev–Trinajstić information content (AvgIpc) is 2.59. The number of anilines is 1. The Hall–Kier alpha value is -1.49. The summed E-state index contributed by atoms with van der Waals surface area (Å²) < 4.78 is 0. The third-order valence-electron chi connectivity index (χ3n) is 4.04. The fourth-order valence-electron chi connectivity index (χ4n) is 2.68. The zero-order valence-corrected chi connectivity index (χ0v) is 11.4. The van der Waals surface area contributed by atoms with Crippen molar-refractivity contribution in [2.45, 2.75) is 52.0 Å². The third-order valence-corrected chi connectivity index (χ3v) is 4.04. The van der Waals surface area contributed by atoms with Crippen LogP contribution in [-0.2, 0) is 0 Å². The summed E-state index contributed by atoms with van der Waals surface area (Å²) in [6, 6.07) is 9.26. The summed E-state index contributed by atoms with van der Waals surface area (Å²) in [6.07, 6.45) is 5.86. The van der Waals surface area contributed by atoms with E-state index in [0.29, 0.717) is 6.04 Å². The van der Waals surface area contributed by atoms with E-state index in [9.17, 15) is 5.26 Å². The summed E-state index contributed by atoms with van der Waals surface area (Å²) in [4.78, 5) is 0. The zero-order chi connectivity index (χ0) is 13.0. The van der Waals surface area contributed by atoms with Crippen molar-refractivity contribution < 1.29 is 0 Å². The third kappa shape index (κ3) is 3.04. The van der Waals surface area contributed by atoms with Crippen LogP contribution in [0.5, 0.6) is 0 Å². The second kappa shape index (κ2) is 5.91. The number of nitrogens with one attached hydrogen (secondary N) is 1. The van der Waals surface area contributed by atoms with Gasteiger partial charge in [0.25, 0.3) is 0 Å². The Labute approximate surface area is 110 Å². The van der Waals surface area contributed by atoms with E-state index in [-0.39, 0.29) is 5.92 Å². The monoisotopic (exact) mass is 242 g/mol. The predicted molar refractivity (Wildman–Crippen MR) is 75.5 cm³/mol. The van der Waals surface area contributed by atoms with Crippen molar-refractivity contribution >= 4 is 5.69 Å². The van der Waals surface area contributed by atoms with Crippen LogP contribution >= 0.6 is 0 Å². The molecule has 96 valence electrons. The highest BCUT2D eigenvalue weighted by Gasteiger charge is 2.23. The lowest BCUT2D eigenvalue weighted by molar-refractivity contribution is 0.514. The fourth-order valence-corrected chi connectivity index (χ4v) is 2.68. The quantitative estimate of drug-likeness (QED) is 0.789. The maximum Gasteiger partial charge on any atom is 0.0677 e. The van der Waals surface area contributed by atoms with Crippen LogP contribution in [0.3, 0.4) is 0 Å². The van der Waals surface area contributed by atoms with Gasteiger partial charge in [-0.05, 0) is 49.9 Å². The Morgan fingerprint density at radius 1 is 1.11 bits per heavy atom. The first-order valence-electron chi connectivity index (χ1n) is 6.94. The molecule has 0 saturated heterocycles. The van der Waals surface area contributed by atoms with Gasteiger partial charge in [0.1, 0.15) is 0 Å². The van der Waals surface area contributed by atoms with Crippen molar-refractivity contribution in [1.82, 2.24) is 0 Å². The molecular weight excluding hydrogens is 220 g/mol. The molecule has 18 heavy (non-hydrogen) atoms. The molecule has 0 radical (unpaired) electrons. The number of rotatable bonds is 2. The molecule has 2 unspecified atom stereocenters. The number of hydrogen-bond acceptors (Lipinski definition) is 2. The minimum absolute atomic E-state index is 0.161. The van der Waals surface area contributed by atoms with Crippen LogP contribution in [-0.4, -0.2) is 6.04 Å². The SMILES string of the molecule is Cc1ccc(NC2CCCCCC2C#N)cc1C. The van der Waals surface area contributed by atoms with Crippen molar-refractivity contribution in [3.05, 3.63) is 29.3 Å². The molecule has 1 aliphatic carbocycles. The van der Waals surface area contributed by atoms with Gasteiger partial charge in [0.2, 0.25) is 0 Å². The fraction of sp³-hybridized carbons (Fsp3) is 0.562. The van der Waals surface area contributed by atoms with Crippen LogP contribution in [0.15, 0.2) is 18.2 Å². The summed E-state index contributed by atoms with van der Waals surface area (Å²) in [7, 11) is 0. The number of nitriles is 1. The highest BCUT2D eigenvalue weighted by atomic mass is 14.9. The molecule has 0 amide bonds. The summed E-state index contributed by atoms with van der Waals surface area (Å²) in [5.74, 6) is 0.161. The maximum absolute atomic E-state index is 9.27. The van der Waals surface area contributed by atoms with Gasteiger partial charge in [-0.3, -0.25) is 0 Å². The smallest absolute Gasteiger partial charge is 0.0677 e. The standard InChI is InChI=1S/C16H22N2/c1-12-8-9-15(10-13(12)2)18-16-7-5-3-4-6-14(16)11-17/h8-10,14,16,18H,3-7H2,1-2H3. The maximum atomic E-state index is 9.27.